The Kier molecular flexibility index (Phi) is 1.99. The number of rotatable bonds is 2. The lowest BCUT2D eigenvalue weighted by molar-refractivity contribution is -0.00326. The maximum atomic E-state index is 10.6. The second-order valence-electron chi connectivity index (χ2n) is 5.56. The molecule has 0 heterocycles. The van der Waals surface area contributed by atoms with Gasteiger partial charge in [-0.25, -0.2) is 0 Å². The van der Waals surface area contributed by atoms with Crippen molar-refractivity contribution in [2.24, 2.45) is 17.3 Å². The van der Waals surface area contributed by atoms with Crippen LogP contribution in [0.5, 0.6) is 0 Å². The summed E-state index contributed by atoms with van der Waals surface area (Å²) in [5.41, 5.74) is -0.176. The van der Waals surface area contributed by atoms with Crippen molar-refractivity contribution >= 4 is 0 Å². The third-order valence-corrected chi connectivity index (χ3v) is 4.76. The van der Waals surface area contributed by atoms with Gasteiger partial charge in [-0.1, -0.05) is 33.6 Å². The highest BCUT2D eigenvalue weighted by Gasteiger charge is 2.69. The highest BCUT2D eigenvalue weighted by molar-refractivity contribution is 5.19. The second kappa shape index (κ2) is 2.73. The van der Waals surface area contributed by atoms with Crippen LogP contribution in [0.3, 0.4) is 0 Å². The van der Waals surface area contributed by atoms with Crippen LogP contribution in [-0.4, -0.2) is 10.7 Å². The summed E-state index contributed by atoms with van der Waals surface area (Å²) in [5.74, 6) is 1.27. The van der Waals surface area contributed by atoms with Crippen molar-refractivity contribution in [1.82, 2.24) is 0 Å². The normalized spacial score (nSPS) is 44.3. The van der Waals surface area contributed by atoms with E-state index in [9.17, 15) is 5.11 Å². The van der Waals surface area contributed by atoms with Crippen molar-refractivity contribution in [3.63, 3.8) is 0 Å². The molecule has 0 spiro atoms. The van der Waals surface area contributed by atoms with Gasteiger partial charge in [0.25, 0.3) is 0 Å². The van der Waals surface area contributed by atoms with Crippen LogP contribution < -0.4 is 0 Å². The lowest BCUT2D eigenvalue weighted by Gasteiger charge is -2.31. The van der Waals surface area contributed by atoms with Crippen LogP contribution >= 0.6 is 0 Å². The zero-order valence-corrected chi connectivity index (χ0v) is 9.14. The predicted octanol–water partition coefficient (Wildman–Crippen LogP) is 2.97. The molecule has 1 N–H and O–H groups in total. The largest absolute Gasteiger partial charge is 0.389 e. The minimum absolute atomic E-state index is 0.132. The number of fused-ring (bicyclic) bond motifs is 1. The molecular formula is C12H22O. The molecule has 2 aliphatic carbocycles. The minimum atomic E-state index is -0.307. The molecule has 2 atom stereocenters. The van der Waals surface area contributed by atoms with Gasteiger partial charge in [0.05, 0.1) is 5.60 Å². The quantitative estimate of drug-likeness (QED) is 0.696. The van der Waals surface area contributed by atoms with Gasteiger partial charge in [0.1, 0.15) is 0 Å². The molecule has 2 rings (SSSR count). The van der Waals surface area contributed by atoms with Crippen LogP contribution in [-0.2, 0) is 0 Å². The monoisotopic (exact) mass is 182 g/mol. The van der Waals surface area contributed by atoms with Crippen LogP contribution in [0, 0.1) is 17.3 Å². The maximum absolute atomic E-state index is 10.6. The average molecular weight is 182 g/mol. The van der Waals surface area contributed by atoms with Gasteiger partial charge >= 0.3 is 0 Å². The van der Waals surface area contributed by atoms with E-state index in [0.29, 0.717) is 11.8 Å². The van der Waals surface area contributed by atoms with Gasteiger partial charge in [-0.05, 0) is 36.5 Å². The van der Waals surface area contributed by atoms with E-state index in [4.69, 9.17) is 0 Å². The molecule has 1 nitrogen and oxygen atoms in total. The minimum Gasteiger partial charge on any atom is -0.389 e. The van der Waals surface area contributed by atoms with E-state index < -0.39 is 0 Å². The Morgan fingerprint density at radius 1 is 1.23 bits per heavy atom. The van der Waals surface area contributed by atoms with E-state index in [-0.39, 0.29) is 11.0 Å². The van der Waals surface area contributed by atoms with Crippen molar-refractivity contribution in [3.05, 3.63) is 0 Å². The lowest BCUT2D eigenvalue weighted by Crippen LogP contribution is -2.34. The van der Waals surface area contributed by atoms with Crippen LogP contribution in [0.1, 0.15) is 52.9 Å². The van der Waals surface area contributed by atoms with Crippen molar-refractivity contribution in [1.29, 1.82) is 0 Å². The van der Waals surface area contributed by atoms with Gasteiger partial charge in [0.15, 0.2) is 0 Å². The molecule has 2 aliphatic rings. The molecule has 1 heteroatoms. The van der Waals surface area contributed by atoms with Gasteiger partial charge < -0.3 is 5.11 Å². The summed E-state index contributed by atoms with van der Waals surface area (Å²) in [4.78, 5) is 0. The molecule has 0 radical (unpaired) electrons. The first-order chi connectivity index (χ1) is 6.04. The highest BCUT2D eigenvalue weighted by Crippen LogP contribution is 2.66. The smallest absolute Gasteiger partial charge is 0.0761 e. The van der Waals surface area contributed by atoms with Crippen LogP contribution in [0.15, 0.2) is 0 Å². The van der Waals surface area contributed by atoms with Crippen LogP contribution in [0.25, 0.3) is 0 Å². The standard InChI is InChI=1S/C12H22O/c1-4-11(2,3)12(13)9-7-5-6-8-10(9)12/h9-10,13H,4-8H2,1-3H3. The van der Waals surface area contributed by atoms with Gasteiger partial charge in [-0.3, -0.25) is 0 Å². The summed E-state index contributed by atoms with van der Waals surface area (Å²) in [5, 5.41) is 10.6. The highest BCUT2D eigenvalue weighted by atomic mass is 16.3. The van der Waals surface area contributed by atoms with E-state index in [2.05, 4.69) is 20.8 Å². The van der Waals surface area contributed by atoms with Crippen molar-refractivity contribution in [2.75, 3.05) is 0 Å². The Balaban J connectivity index is 2.15. The SMILES string of the molecule is CCC(C)(C)C1(O)C2CCCCC21. The first-order valence-corrected chi connectivity index (χ1v) is 5.76. The molecule has 13 heavy (non-hydrogen) atoms. The fourth-order valence-electron chi connectivity index (χ4n) is 3.38. The summed E-state index contributed by atoms with van der Waals surface area (Å²) in [7, 11) is 0. The van der Waals surface area contributed by atoms with Gasteiger partial charge in [-0.2, -0.15) is 0 Å². The molecule has 0 bridgehead atoms. The van der Waals surface area contributed by atoms with Crippen molar-refractivity contribution < 1.29 is 5.11 Å². The Morgan fingerprint density at radius 2 is 1.69 bits per heavy atom. The fraction of sp³-hybridized carbons (Fsp3) is 1.00. The van der Waals surface area contributed by atoms with E-state index in [1.807, 2.05) is 0 Å². The molecular weight excluding hydrogens is 160 g/mol. The summed E-state index contributed by atoms with van der Waals surface area (Å²) in [6, 6.07) is 0. The Hall–Kier alpha value is -0.0400. The maximum Gasteiger partial charge on any atom is 0.0761 e. The van der Waals surface area contributed by atoms with E-state index in [0.717, 1.165) is 6.42 Å². The molecule has 2 saturated carbocycles. The van der Waals surface area contributed by atoms with E-state index >= 15 is 0 Å². The van der Waals surface area contributed by atoms with E-state index in [1.165, 1.54) is 25.7 Å². The molecule has 2 unspecified atom stereocenters. The first kappa shape index (κ1) is 9.51. The third-order valence-electron chi connectivity index (χ3n) is 4.76. The summed E-state index contributed by atoms with van der Waals surface area (Å²) >= 11 is 0. The molecule has 2 fully saturated rings. The summed E-state index contributed by atoms with van der Waals surface area (Å²) in [6.07, 6.45) is 6.30. The Morgan fingerprint density at radius 3 is 2.08 bits per heavy atom. The van der Waals surface area contributed by atoms with Gasteiger partial charge in [-0.15, -0.1) is 0 Å². The molecule has 76 valence electrons. The fourth-order valence-corrected chi connectivity index (χ4v) is 3.38. The number of hydrogen-bond acceptors (Lipinski definition) is 1. The van der Waals surface area contributed by atoms with Crippen LogP contribution in [0.4, 0.5) is 0 Å². The van der Waals surface area contributed by atoms with Crippen molar-refractivity contribution in [2.45, 2.75) is 58.5 Å². The Labute approximate surface area is 81.5 Å². The molecule has 0 aromatic carbocycles. The number of aliphatic hydroxyl groups is 1. The molecule has 0 aromatic heterocycles. The lowest BCUT2D eigenvalue weighted by atomic mass is 9.79. The first-order valence-electron chi connectivity index (χ1n) is 5.76. The van der Waals surface area contributed by atoms with Crippen LogP contribution in [0.2, 0.25) is 0 Å². The topological polar surface area (TPSA) is 20.2 Å². The average Bonchev–Trinajstić information content (AvgIpc) is 2.76. The number of hydrogen-bond donors (Lipinski definition) is 1. The molecule has 0 saturated heterocycles. The second-order valence-corrected chi connectivity index (χ2v) is 5.56. The molecule has 0 amide bonds. The third kappa shape index (κ3) is 1.09. The zero-order valence-electron chi connectivity index (χ0n) is 9.14. The summed E-state index contributed by atoms with van der Waals surface area (Å²) < 4.78 is 0. The molecule has 0 aliphatic heterocycles. The Bertz CT molecular complexity index is 195. The zero-order chi connectivity index (χ0) is 9.69. The van der Waals surface area contributed by atoms with E-state index in [1.54, 1.807) is 0 Å². The van der Waals surface area contributed by atoms with Gasteiger partial charge in [0.2, 0.25) is 0 Å². The summed E-state index contributed by atoms with van der Waals surface area (Å²) in [6.45, 7) is 6.65. The molecule has 0 aromatic rings. The predicted molar refractivity (Wildman–Crippen MR) is 54.5 cm³/mol. The van der Waals surface area contributed by atoms with Crippen molar-refractivity contribution in [3.8, 4) is 0 Å². The van der Waals surface area contributed by atoms with Gasteiger partial charge in [0, 0.05) is 0 Å².